The van der Waals surface area contributed by atoms with Crippen LogP contribution in [0.1, 0.15) is 32.6 Å². The Morgan fingerprint density at radius 1 is 1.16 bits per heavy atom. The maximum Gasteiger partial charge on any atom is 0.243 e. The van der Waals surface area contributed by atoms with Crippen LogP contribution in [-0.4, -0.2) is 48.2 Å². The molecule has 1 aliphatic rings. The third-order valence-corrected chi connectivity index (χ3v) is 7.83. The molecule has 8 heteroatoms. The summed E-state index contributed by atoms with van der Waals surface area (Å²) in [6, 6.07) is 14.6. The van der Waals surface area contributed by atoms with E-state index in [0.29, 0.717) is 22.8 Å². The van der Waals surface area contributed by atoms with Crippen LogP contribution in [-0.2, 0) is 14.8 Å². The molecule has 0 spiro atoms. The van der Waals surface area contributed by atoms with Crippen LogP contribution in [0.4, 0.5) is 0 Å². The van der Waals surface area contributed by atoms with E-state index in [1.165, 1.54) is 19.5 Å². The molecule has 2 atom stereocenters. The summed E-state index contributed by atoms with van der Waals surface area (Å²) in [5.41, 5.74) is 2.24. The molecule has 0 bridgehead atoms. The second-order valence-corrected chi connectivity index (χ2v) is 10.4. The zero-order valence-electron chi connectivity index (χ0n) is 17.8. The molecule has 1 aliphatic carbocycles. The van der Waals surface area contributed by atoms with E-state index in [9.17, 15) is 13.2 Å². The maximum absolute atomic E-state index is 13.1. The summed E-state index contributed by atoms with van der Waals surface area (Å²) in [5.74, 6) is 0.833. The highest BCUT2D eigenvalue weighted by molar-refractivity contribution is 7.89. The number of sulfonamides is 1. The van der Waals surface area contributed by atoms with Crippen LogP contribution >= 0.6 is 0 Å². The lowest BCUT2D eigenvalue weighted by molar-refractivity contribution is -0.122. The average Bonchev–Trinajstić information content (AvgIpc) is 3.19. The van der Waals surface area contributed by atoms with Gasteiger partial charge in [-0.15, -0.1) is 0 Å². The SMILES string of the molecule is C[C@H]1CCCC[C@@H]1NC(=O)CN(C)S(=O)(=O)c1ccc2nc(-c3ccccc3)[nH]c2c1. The number of amides is 1. The minimum absolute atomic E-state index is 0.120. The van der Waals surface area contributed by atoms with Gasteiger partial charge in [-0.05, 0) is 37.0 Å². The van der Waals surface area contributed by atoms with E-state index in [-0.39, 0.29) is 23.4 Å². The lowest BCUT2D eigenvalue weighted by Gasteiger charge is -2.30. The van der Waals surface area contributed by atoms with Crippen molar-refractivity contribution in [3.63, 3.8) is 0 Å². The largest absolute Gasteiger partial charge is 0.352 e. The number of aromatic amines is 1. The Kier molecular flexibility index (Phi) is 6.11. The number of carbonyl (C=O) groups is 1. The average molecular weight is 441 g/mol. The van der Waals surface area contributed by atoms with Gasteiger partial charge in [0.05, 0.1) is 22.5 Å². The van der Waals surface area contributed by atoms with Gasteiger partial charge in [0.15, 0.2) is 0 Å². The van der Waals surface area contributed by atoms with Crippen molar-refractivity contribution in [2.24, 2.45) is 5.92 Å². The van der Waals surface area contributed by atoms with Gasteiger partial charge in [0.2, 0.25) is 15.9 Å². The van der Waals surface area contributed by atoms with E-state index in [2.05, 4.69) is 22.2 Å². The molecule has 31 heavy (non-hydrogen) atoms. The van der Waals surface area contributed by atoms with Crippen molar-refractivity contribution in [3.8, 4) is 11.4 Å². The van der Waals surface area contributed by atoms with E-state index in [4.69, 9.17) is 0 Å². The van der Waals surface area contributed by atoms with Crippen molar-refractivity contribution in [1.82, 2.24) is 19.6 Å². The molecule has 0 saturated heterocycles. The quantitative estimate of drug-likeness (QED) is 0.613. The normalized spacial score (nSPS) is 19.6. The Labute approximate surface area is 182 Å². The molecule has 1 amide bonds. The van der Waals surface area contributed by atoms with Gasteiger partial charge >= 0.3 is 0 Å². The van der Waals surface area contributed by atoms with Crippen molar-refractivity contribution >= 4 is 27.0 Å². The molecule has 2 aromatic carbocycles. The first-order valence-corrected chi connectivity index (χ1v) is 12.1. The number of nitrogens with one attached hydrogen (secondary N) is 2. The number of rotatable bonds is 6. The van der Waals surface area contributed by atoms with Crippen LogP contribution in [0.15, 0.2) is 53.4 Å². The fourth-order valence-electron chi connectivity index (χ4n) is 4.13. The van der Waals surface area contributed by atoms with Gasteiger partial charge in [0.1, 0.15) is 5.82 Å². The molecular weight excluding hydrogens is 412 g/mol. The van der Waals surface area contributed by atoms with Crippen LogP contribution in [0.2, 0.25) is 0 Å². The Balaban J connectivity index is 1.50. The van der Waals surface area contributed by atoms with Crippen LogP contribution in [0.25, 0.3) is 22.4 Å². The number of imidazole rings is 1. The molecule has 0 radical (unpaired) electrons. The lowest BCUT2D eigenvalue weighted by Crippen LogP contribution is -2.46. The molecule has 0 unspecified atom stereocenters. The van der Waals surface area contributed by atoms with Crippen LogP contribution in [0, 0.1) is 5.92 Å². The Morgan fingerprint density at radius 3 is 2.65 bits per heavy atom. The number of hydrogen-bond donors (Lipinski definition) is 2. The van der Waals surface area contributed by atoms with Crippen molar-refractivity contribution in [1.29, 1.82) is 0 Å². The fourth-order valence-corrected chi connectivity index (χ4v) is 5.29. The monoisotopic (exact) mass is 440 g/mol. The first kappa shape index (κ1) is 21.5. The van der Waals surface area contributed by atoms with E-state index < -0.39 is 10.0 Å². The number of carbonyl (C=O) groups excluding carboxylic acids is 1. The number of benzene rings is 2. The van der Waals surface area contributed by atoms with Crippen molar-refractivity contribution < 1.29 is 13.2 Å². The second-order valence-electron chi connectivity index (χ2n) is 8.33. The molecule has 1 aromatic heterocycles. The molecule has 0 aliphatic heterocycles. The highest BCUT2D eigenvalue weighted by atomic mass is 32.2. The predicted molar refractivity (Wildman–Crippen MR) is 121 cm³/mol. The smallest absolute Gasteiger partial charge is 0.243 e. The number of fused-ring (bicyclic) bond motifs is 1. The Morgan fingerprint density at radius 2 is 1.90 bits per heavy atom. The highest BCUT2D eigenvalue weighted by Gasteiger charge is 2.27. The van der Waals surface area contributed by atoms with Gasteiger partial charge in [-0.1, -0.05) is 50.1 Å². The summed E-state index contributed by atoms with van der Waals surface area (Å²) in [6.45, 7) is 1.93. The topological polar surface area (TPSA) is 95.2 Å². The summed E-state index contributed by atoms with van der Waals surface area (Å²) >= 11 is 0. The molecule has 1 fully saturated rings. The minimum Gasteiger partial charge on any atom is -0.352 e. The Bertz CT molecular complexity index is 1170. The van der Waals surface area contributed by atoms with Gasteiger partial charge < -0.3 is 10.3 Å². The summed E-state index contributed by atoms with van der Waals surface area (Å²) < 4.78 is 27.2. The standard InChI is InChI=1S/C23H28N4O3S/c1-16-8-6-7-11-19(16)24-22(28)15-27(2)31(29,30)18-12-13-20-21(14-18)26-23(25-20)17-9-4-3-5-10-17/h3-5,9-10,12-14,16,19H,6-8,11,15H2,1-2H3,(H,24,28)(H,25,26)/t16-,19-/m0/s1. The van der Waals surface area contributed by atoms with Crippen molar-refractivity contribution in [2.45, 2.75) is 43.5 Å². The van der Waals surface area contributed by atoms with Crippen molar-refractivity contribution in [2.75, 3.05) is 13.6 Å². The van der Waals surface area contributed by atoms with Crippen molar-refractivity contribution in [3.05, 3.63) is 48.5 Å². The lowest BCUT2D eigenvalue weighted by atomic mass is 9.86. The van der Waals surface area contributed by atoms with Crippen LogP contribution in [0.3, 0.4) is 0 Å². The van der Waals surface area contributed by atoms with E-state index in [1.54, 1.807) is 12.1 Å². The molecular formula is C23H28N4O3S. The number of H-pyrrole nitrogens is 1. The second kappa shape index (κ2) is 8.80. The van der Waals surface area contributed by atoms with E-state index >= 15 is 0 Å². The van der Waals surface area contributed by atoms with Gasteiger partial charge in [-0.25, -0.2) is 13.4 Å². The van der Waals surface area contributed by atoms with Crippen LogP contribution < -0.4 is 5.32 Å². The molecule has 164 valence electrons. The third kappa shape index (κ3) is 4.65. The summed E-state index contributed by atoms with van der Waals surface area (Å²) in [6.07, 6.45) is 4.32. The first-order valence-electron chi connectivity index (χ1n) is 10.7. The molecule has 7 nitrogen and oxygen atoms in total. The van der Waals surface area contributed by atoms with Crippen LogP contribution in [0.5, 0.6) is 0 Å². The summed E-state index contributed by atoms with van der Waals surface area (Å²) in [7, 11) is -2.37. The van der Waals surface area contributed by atoms with Gasteiger partial charge in [0, 0.05) is 18.7 Å². The highest BCUT2D eigenvalue weighted by Crippen LogP contribution is 2.25. The number of hydrogen-bond acceptors (Lipinski definition) is 4. The molecule has 4 rings (SSSR count). The fraction of sp³-hybridized carbons (Fsp3) is 0.391. The minimum atomic E-state index is -3.81. The number of nitrogens with zero attached hydrogens (tertiary/aromatic N) is 2. The number of aromatic nitrogens is 2. The van der Waals surface area contributed by atoms with E-state index in [1.807, 2.05) is 30.3 Å². The zero-order valence-corrected chi connectivity index (χ0v) is 18.7. The van der Waals surface area contributed by atoms with Gasteiger partial charge in [0.25, 0.3) is 0 Å². The van der Waals surface area contributed by atoms with Gasteiger partial charge in [-0.3, -0.25) is 4.79 Å². The summed E-state index contributed by atoms with van der Waals surface area (Å²) in [4.78, 5) is 20.3. The zero-order chi connectivity index (χ0) is 22.0. The van der Waals surface area contributed by atoms with Gasteiger partial charge in [-0.2, -0.15) is 4.31 Å². The predicted octanol–water partition coefficient (Wildman–Crippen LogP) is 3.55. The maximum atomic E-state index is 13.1. The first-order chi connectivity index (χ1) is 14.8. The molecule has 1 saturated carbocycles. The third-order valence-electron chi connectivity index (χ3n) is 6.03. The van der Waals surface area contributed by atoms with E-state index in [0.717, 1.165) is 29.1 Å². The number of likely N-dealkylation sites (N-methyl/N-ethyl adjacent to an activating group) is 1. The summed E-state index contributed by atoms with van der Waals surface area (Å²) in [5, 5.41) is 3.01. The molecule has 1 heterocycles. The molecule has 2 N–H and O–H groups in total. The Hall–Kier alpha value is -2.71. The molecule has 3 aromatic rings.